The van der Waals surface area contributed by atoms with Crippen LogP contribution in [0.2, 0.25) is 0 Å². The fraction of sp³-hybridized carbons (Fsp3) is 0.500. The van der Waals surface area contributed by atoms with E-state index in [2.05, 4.69) is 29.8 Å². The summed E-state index contributed by atoms with van der Waals surface area (Å²) in [4.78, 5) is 0. The van der Waals surface area contributed by atoms with Crippen molar-refractivity contribution in [3.8, 4) is 0 Å². The first-order valence-corrected chi connectivity index (χ1v) is 5.98. The molecule has 1 rings (SSSR count). The maximum absolute atomic E-state index is 13.0. The van der Waals surface area contributed by atoms with Gasteiger partial charge in [0.2, 0.25) is 0 Å². The molecule has 15 heavy (non-hydrogen) atoms. The highest BCUT2D eigenvalue weighted by atomic mass is 79.9. The van der Waals surface area contributed by atoms with E-state index in [4.69, 9.17) is 5.73 Å². The Kier molecular flexibility index (Phi) is 4.74. The van der Waals surface area contributed by atoms with Crippen molar-refractivity contribution in [1.29, 1.82) is 0 Å². The van der Waals surface area contributed by atoms with Gasteiger partial charge in [-0.05, 0) is 52.4 Å². The van der Waals surface area contributed by atoms with Crippen LogP contribution in [-0.4, -0.2) is 6.04 Å². The summed E-state index contributed by atoms with van der Waals surface area (Å²) in [6, 6.07) is 5.22. The van der Waals surface area contributed by atoms with Crippen molar-refractivity contribution in [2.75, 3.05) is 0 Å². The SMILES string of the molecule is CC(C)CC(N)Cc1ccc(F)c(Br)c1. The quantitative estimate of drug-likeness (QED) is 0.893. The van der Waals surface area contributed by atoms with E-state index in [1.54, 1.807) is 12.1 Å². The van der Waals surface area contributed by atoms with E-state index >= 15 is 0 Å². The smallest absolute Gasteiger partial charge is 0.137 e. The molecule has 0 aromatic heterocycles. The van der Waals surface area contributed by atoms with Crippen LogP contribution in [0.4, 0.5) is 4.39 Å². The number of halogens is 2. The second-order valence-electron chi connectivity index (χ2n) is 4.34. The van der Waals surface area contributed by atoms with E-state index in [0.29, 0.717) is 10.4 Å². The van der Waals surface area contributed by atoms with Crippen molar-refractivity contribution in [3.63, 3.8) is 0 Å². The highest BCUT2D eigenvalue weighted by molar-refractivity contribution is 9.10. The van der Waals surface area contributed by atoms with Crippen LogP contribution in [0.25, 0.3) is 0 Å². The molecule has 0 saturated heterocycles. The van der Waals surface area contributed by atoms with Gasteiger partial charge < -0.3 is 5.73 Å². The Morgan fingerprint density at radius 1 is 1.40 bits per heavy atom. The maximum atomic E-state index is 13.0. The summed E-state index contributed by atoms with van der Waals surface area (Å²) in [6.07, 6.45) is 1.80. The Morgan fingerprint density at radius 3 is 2.60 bits per heavy atom. The maximum Gasteiger partial charge on any atom is 0.137 e. The number of nitrogens with two attached hydrogens (primary N) is 1. The van der Waals surface area contributed by atoms with Gasteiger partial charge in [0, 0.05) is 6.04 Å². The summed E-state index contributed by atoms with van der Waals surface area (Å²) < 4.78 is 13.5. The van der Waals surface area contributed by atoms with Crippen molar-refractivity contribution in [3.05, 3.63) is 34.1 Å². The van der Waals surface area contributed by atoms with Crippen LogP contribution in [0.1, 0.15) is 25.8 Å². The minimum Gasteiger partial charge on any atom is -0.327 e. The zero-order valence-corrected chi connectivity index (χ0v) is 10.7. The first-order chi connectivity index (χ1) is 6.99. The molecule has 2 N–H and O–H groups in total. The summed E-state index contributed by atoms with van der Waals surface area (Å²) in [7, 11) is 0. The summed E-state index contributed by atoms with van der Waals surface area (Å²) in [5.41, 5.74) is 7.07. The third-order valence-corrected chi connectivity index (χ3v) is 2.86. The molecular formula is C12H17BrFN. The zero-order valence-electron chi connectivity index (χ0n) is 9.13. The molecule has 0 radical (unpaired) electrons. The highest BCUT2D eigenvalue weighted by Gasteiger charge is 2.08. The number of benzene rings is 1. The van der Waals surface area contributed by atoms with Gasteiger partial charge >= 0.3 is 0 Å². The predicted molar refractivity (Wildman–Crippen MR) is 65.2 cm³/mol. The van der Waals surface area contributed by atoms with Crippen LogP contribution >= 0.6 is 15.9 Å². The van der Waals surface area contributed by atoms with E-state index in [-0.39, 0.29) is 11.9 Å². The minimum atomic E-state index is -0.226. The molecule has 0 saturated carbocycles. The van der Waals surface area contributed by atoms with Crippen LogP contribution in [0, 0.1) is 11.7 Å². The Hall–Kier alpha value is -0.410. The molecule has 0 fully saturated rings. The van der Waals surface area contributed by atoms with Crippen LogP contribution in [-0.2, 0) is 6.42 Å². The Labute approximate surface area is 99.0 Å². The molecule has 0 amide bonds. The molecule has 0 spiro atoms. The van der Waals surface area contributed by atoms with Crippen LogP contribution in [0.15, 0.2) is 22.7 Å². The third kappa shape index (κ3) is 4.31. The lowest BCUT2D eigenvalue weighted by molar-refractivity contribution is 0.493. The van der Waals surface area contributed by atoms with Crippen LogP contribution < -0.4 is 5.73 Å². The van der Waals surface area contributed by atoms with Gasteiger partial charge in [-0.2, -0.15) is 0 Å². The number of hydrogen-bond acceptors (Lipinski definition) is 1. The summed E-state index contributed by atoms with van der Waals surface area (Å²) in [6.45, 7) is 4.31. The topological polar surface area (TPSA) is 26.0 Å². The van der Waals surface area contributed by atoms with Gasteiger partial charge in [0.1, 0.15) is 5.82 Å². The molecule has 0 bridgehead atoms. The Bertz CT molecular complexity index is 325. The van der Waals surface area contributed by atoms with E-state index in [9.17, 15) is 4.39 Å². The lowest BCUT2D eigenvalue weighted by Gasteiger charge is -2.14. The molecule has 3 heteroatoms. The van der Waals surface area contributed by atoms with Crippen LogP contribution in [0.5, 0.6) is 0 Å². The number of rotatable bonds is 4. The van der Waals surface area contributed by atoms with Crippen LogP contribution in [0.3, 0.4) is 0 Å². The van der Waals surface area contributed by atoms with Gasteiger partial charge in [0.25, 0.3) is 0 Å². The summed E-state index contributed by atoms with van der Waals surface area (Å²) in [5.74, 6) is 0.375. The largest absolute Gasteiger partial charge is 0.327 e. The zero-order chi connectivity index (χ0) is 11.4. The van der Waals surface area contributed by atoms with Crippen molar-refractivity contribution in [2.45, 2.75) is 32.7 Å². The minimum absolute atomic E-state index is 0.155. The van der Waals surface area contributed by atoms with Gasteiger partial charge in [-0.15, -0.1) is 0 Å². The molecule has 0 aliphatic rings. The molecule has 1 nitrogen and oxygen atoms in total. The molecule has 1 aromatic carbocycles. The molecular weight excluding hydrogens is 257 g/mol. The Morgan fingerprint density at radius 2 is 2.07 bits per heavy atom. The first-order valence-electron chi connectivity index (χ1n) is 5.18. The van der Waals surface area contributed by atoms with Gasteiger partial charge in [-0.25, -0.2) is 4.39 Å². The monoisotopic (exact) mass is 273 g/mol. The molecule has 1 atom stereocenters. The normalized spacial score (nSPS) is 13.2. The molecule has 0 heterocycles. The molecule has 1 aromatic rings. The molecule has 0 aliphatic heterocycles. The van der Waals surface area contributed by atoms with E-state index in [1.165, 1.54) is 6.07 Å². The number of hydrogen-bond donors (Lipinski definition) is 1. The summed E-state index contributed by atoms with van der Waals surface area (Å²) in [5, 5.41) is 0. The van der Waals surface area contributed by atoms with Gasteiger partial charge in [0.15, 0.2) is 0 Å². The average molecular weight is 274 g/mol. The Balaban J connectivity index is 2.60. The molecule has 1 unspecified atom stereocenters. The van der Waals surface area contributed by atoms with Gasteiger partial charge in [-0.1, -0.05) is 19.9 Å². The van der Waals surface area contributed by atoms with E-state index in [1.807, 2.05) is 0 Å². The van der Waals surface area contributed by atoms with Crippen molar-refractivity contribution < 1.29 is 4.39 Å². The second kappa shape index (κ2) is 5.61. The third-order valence-electron chi connectivity index (χ3n) is 2.26. The first kappa shape index (κ1) is 12.7. The molecule has 0 aliphatic carbocycles. The fourth-order valence-electron chi connectivity index (χ4n) is 1.66. The standard InChI is InChI=1S/C12H17BrFN/c1-8(2)5-10(15)6-9-3-4-12(14)11(13)7-9/h3-4,7-8,10H,5-6,15H2,1-2H3. The molecule has 84 valence electrons. The lowest BCUT2D eigenvalue weighted by Crippen LogP contribution is -2.24. The predicted octanol–water partition coefficient (Wildman–Crippen LogP) is 3.50. The van der Waals surface area contributed by atoms with Crippen molar-refractivity contribution in [2.24, 2.45) is 11.7 Å². The van der Waals surface area contributed by atoms with E-state index < -0.39 is 0 Å². The summed E-state index contributed by atoms with van der Waals surface area (Å²) >= 11 is 3.17. The van der Waals surface area contributed by atoms with E-state index in [0.717, 1.165) is 18.4 Å². The lowest BCUT2D eigenvalue weighted by atomic mass is 9.98. The van der Waals surface area contributed by atoms with Gasteiger partial charge in [0.05, 0.1) is 4.47 Å². The average Bonchev–Trinajstić information content (AvgIpc) is 2.10. The highest BCUT2D eigenvalue weighted by Crippen LogP contribution is 2.18. The second-order valence-corrected chi connectivity index (χ2v) is 5.20. The van der Waals surface area contributed by atoms with Crippen molar-refractivity contribution in [1.82, 2.24) is 0 Å². The van der Waals surface area contributed by atoms with Gasteiger partial charge in [-0.3, -0.25) is 0 Å². The van der Waals surface area contributed by atoms with Crippen molar-refractivity contribution >= 4 is 15.9 Å². The fourth-order valence-corrected chi connectivity index (χ4v) is 2.08.